The van der Waals surface area contributed by atoms with Gasteiger partial charge in [0.15, 0.2) is 5.69 Å². The van der Waals surface area contributed by atoms with Gasteiger partial charge in [-0.25, -0.2) is 4.79 Å². The Labute approximate surface area is 81.8 Å². The van der Waals surface area contributed by atoms with E-state index in [1.807, 2.05) is 0 Å². The van der Waals surface area contributed by atoms with Crippen LogP contribution < -0.4 is 5.32 Å². The number of aromatic nitrogens is 2. The number of hydrogen-bond acceptors (Lipinski definition) is 4. The zero-order valence-corrected chi connectivity index (χ0v) is 8.04. The number of ether oxygens (including phenoxy) is 1. The Balaban J connectivity index is 2.05. The number of aromatic amines is 1. The number of hydrogen-bond donors (Lipinski definition) is 2. The lowest BCUT2D eigenvalue weighted by atomic mass is 9.99. The Bertz CT molecular complexity index is 331. The summed E-state index contributed by atoms with van der Waals surface area (Å²) in [5.74, 6) is 0.105. The Morgan fingerprint density at radius 3 is 3.07 bits per heavy atom. The van der Waals surface area contributed by atoms with Gasteiger partial charge in [-0.3, -0.25) is 5.10 Å². The average molecular weight is 195 g/mol. The molecule has 1 aliphatic heterocycles. The van der Waals surface area contributed by atoms with E-state index in [1.165, 1.54) is 0 Å². The highest BCUT2D eigenvalue weighted by molar-refractivity contribution is 5.87. The first-order valence-corrected chi connectivity index (χ1v) is 4.74. The van der Waals surface area contributed by atoms with Crippen molar-refractivity contribution in [3.8, 4) is 0 Å². The molecular formula is C9H13N3O2. The second kappa shape index (κ2) is 3.79. The van der Waals surface area contributed by atoms with Crippen molar-refractivity contribution in [2.24, 2.45) is 0 Å². The Kier molecular flexibility index (Phi) is 2.49. The van der Waals surface area contributed by atoms with Crippen molar-refractivity contribution in [1.82, 2.24) is 15.5 Å². The van der Waals surface area contributed by atoms with Crippen LogP contribution in [-0.4, -0.2) is 35.9 Å². The van der Waals surface area contributed by atoms with E-state index in [9.17, 15) is 4.79 Å². The molecule has 2 rings (SSSR count). The van der Waals surface area contributed by atoms with Crippen LogP contribution >= 0.6 is 0 Å². The molecule has 0 aliphatic carbocycles. The van der Waals surface area contributed by atoms with Crippen LogP contribution in [0.5, 0.6) is 0 Å². The predicted octanol–water partition coefficient (Wildman–Crippen LogP) is 0.273. The third-order valence-corrected chi connectivity index (χ3v) is 2.30. The Morgan fingerprint density at radius 2 is 2.50 bits per heavy atom. The molecule has 1 aromatic heterocycles. The van der Waals surface area contributed by atoms with E-state index in [0.717, 1.165) is 18.8 Å². The first-order valence-electron chi connectivity index (χ1n) is 4.74. The predicted molar refractivity (Wildman–Crippen MR) is 50.2 cm³/mol. The molecule has 0 bridgehead atoms. The second-order valence-electron chi connectivity index (χ2n) is 3.28. The maximum absolute atomic E-state index is 11.3. The van der Waals surface area contributed by atoms with E-state index >= 15 is 0 Å². The van der Waals surface area contributed by atoms with Crippen LogP contribution in [0.15, 0.2) is 6.07 Å². The van der Waals surface area contributed by atoms with Crippen molar-refractivity contribution in [2.75, 3.05) is 19.7 Å². The van der Waals surface area contributed by atoms with Crippen molar-refractivity contribution in [3.05, 3.63) is 17.5 Å². The van der Waals surface area contributed by atoms with E-state index in [-0.39, 0.29) is 5.97 Å². The maximum Gasteiger partial charge on any atom is 0.358 e. The number of carbonyl (C=O) groups is 1. The van der Waals surface area contributed by atoms with Crippen molar-refractivity contribution in [2.45, 2.75) is 12.8 Å². The number of rotatable bonds is 3. The summed E-state index contributed by atoms with van der Waals surface area (Å²) in [6.07, 6.45) is 0. The molecule has 1 fully saturated rings. The molecule has 2 N–H and O–H groups in total. The van der Waals surface area contributed by atoms with Gasteiger partial charge in [0.25, 0.3) is 0 Å². The molecule has 76 valence electrons. The van der Waals surface area contributed by atoms with Gasteiger partial charge in [-0.1, -0.05) is 0 Å². The molecule has 1 saturated heterocycles. The third kappa shape index (κ3) is 1.63. The molecule has 0 unspecified atom stereocenters. The van der Waals surface area contributed by atoms with Crippen LogP contribution in [0.2, 0.25) is 0 Å². The molecule has 0 amide bonds. The van der Waals surface area contributed by atoms with Gasteiger partial charge in [0.05, 0.1) is 6.61 Å². The highest BCUT2D eigenvalue weighted by atomic mass is 16.5. The second-order valence-corrected chi connectivity index (χ2v) is 3.28. The minimum absolute atomic E-state index is 0.359. The molecule has 0 spiro atoms. The number of H-pyrrole nitrogens is 1. The van der Waals surface area contributed by atoms with Crippen molar-refractivity contribution in [1.29, 1.82) is 0 Å². The number of nitrogens with zero attached hydrogens (tertiary/aromatic N) is 1. The lowest BCUT2D eigenvalue weighted by Crippen LogP contribution is -2.40. The highest BCUT2D eigenvalue weighted by Gasteiger charge is 2.22. The van der Waals surface area contributed by atoms with Gasteiger partial charge >= 0.3 is 5.97 Å². The van der Waals surface area contributed by atoms with Crippen LogP contribution in [0, 0.1) is 0 Å². The fourth-order valence-corrected chi connectivity index (χ4v) is 1.36. The Morgan fingerprint density at radius 1 is 1.71 bits per heavy atom. The molecular weight excluding hydrogens is 182 g/mol. The smallest absolute Gasteiger partial charge is 0.358 e. The van der Waals surface area contributed by atoms with E-state index in [0.29, 0.717) is 18.2 Å². The SMILES string of the molecule is CCOC(=O)c1cc(C2CNC2)[nH]n1. The lowest BCUT2D eigenvalue weighted by Gasteiger charge is -2.25. The van der Waals surface area contributed by atoms with Gasteiger partial charge in [0.1, 0.15) is 0 Å². The van der Waals surface area contributed by atoms with E-state index in [2.05, 4.69) is 15.5 Å². The summed E-state index contributed by atoms with van der Waals surface area (Å²) in [6.45, 7) is 4.06. The topological polar surface area (TPSA) is 67.0 Å². The fraction of sp³-hybridized carbons (Fsp3) is 0.556. The van der Waals surface area contributed by atoms with E-state index in [4.69, 9.17) is 4.74 Å². The quantitative estimate of drug-likeness (QED) is 0.679. The molecule has 1 aliphatic rings. The van der Waals surface area contributed by atoms with Gasteiger partial charge in [-0.15, -0.1) is 0 Å². The highest BCUT2D eigenvalue weighted by Crippen LogP contribution is 2.18. The van der Waals surface area contributed by atoms with Gasteiger partial charge < -0.3 is 10.1 Å². The summed E-state index contributed by atoms with van der Waals surface area (Å²) in [4.78, 5) is 11.3. The third-order valence-electron chi connectivity index (χ3n) is 2.30. The summed E-state index contributed by atoms with van der Waals surface area (Å²) in [5, 5.41) is 9.93. The molecule has 14 heavy (non-hydrogen) atoms. The van der Waals surface area contributed by atoms with Crippen molar-refractivity contribution < 1.29 is 9.53 Å². The molecule has 0 atom stereocenters. The maximum atomic E-state index is 11.3. The summed E-state index contributed by atoms with van der Waals surface area (Å²) in [5.41, 5.74) is 1.38. The van der Waals surface area contributed by atoms with Crippen LogP contribution in [0.3, 0.4) is 0 Å². The molecule has 5 heteroatoms. The van der Waals surface area contributed by atoms with Crippen LogP contribution in [0.4, 0.5) is 0 Å². The van der Waals surface area contributed by atoms with Crippen LogP contribution in [0.1, 0.15) is 29.0 Å². The largest absolute Gasteiger partial charge is 0.461 e. The minimum atomic E-state index is -0.359. The fourth-order valence-electron chi connectivity index (χ4n) is 1.36. The molecule has 0 aromatic carbocycles. The van der Waals surface area contributed by atoms with Crippen LogP contribution in [-0.2, 0) is 4.74 Å². The number of nitrogens with one attached hydrogen (secondary N) is 2. The molecule has 0 radical (unpaired) electrons. The monoisotopic (exact) mass is 195 g/mol. The van der Waals surface area contributed by atoms with Crippen LogP contribution in [0.25, 0.3) is 0 Å². The lowest BCUT2D eigenvalue weighted by molar-refractivity contribution is 0.0519. The molecule has 2 heterocycles. The standard InChI is InChI=1S/C9H13N3O2/c1-2-14-9(13)8-3-7(11-12-8)6-4-10-5-6/h3,6,10H,2,4-5H2,1H3,(H,11,12). The average Bonchev–Trinajstić information content (AvgIpc) is 2.50. The van der Waals surface area contributed by atoms with Gasteiger partial charge in [0.2, 0.25) is 0 Å². The zero-order chi connectivity index (χ0) is 9.97. The summed E-state index contributed by atoms with van der Waals surface area (Å²) in [6, 6.07) is 1.77. The van der Waals surface area contributed by atoms with Gasteiger partial charge in [0, 0.05) is 24.7 Å². The summed E-state index contributed by atoms with van der Waals surface area (Å²) in [7, 11) is 0. The van der Waals surface area contributed by atoms with E-state index < -0.39 is 0 Å². The minimum Gasteiger partial charge on any atom is -0.461 e. The van der Waals surface area contributed by atoms with Crippen molar-refractivity contribution in [3.63, 3.8) is 0 Å². The Hall–Kier alpha value is -1.36. The first kappa shape index (κ1) is 9.21. The molecule has 1 aromatic rings. The zero-order valence-electron chi connectivity index (χ0n) is 8.04. The summed E-state index contributed by atoms with van der Waals surface area (Å²) < 4.78 is 4.84. The van der Waals surface area contributed by atoms with Gasteiger partial charge in [-0.2, -0.15) is 5.10 Å². The molecule has 5 nitrogen and oxygen atoms in total. The number of esters is 1. The summed E-state index contributed by atoms with van der Waals surface area (Å²) >= 11 is 0. The van der Waals surface area contributed by atoms with E-state index in [1.54, 1.807) is 13.0 Å². The number of carbonyl (C=O) groups excluding carboxylic acids is 1. The first-order chi connectivity index (χ1) is 6.81. The normalized spacial score (nSPS) is 16.4. The van der Waals surface area contributed by atoms with Gasteiger partial charge in [-0.05, 0) is 13.0 Å². The van der Waals surface area contributed by atoms with Crippen molar-refractivity contribution >= 4 is 5.97 Å². The molecule has 0 saturated carbocycles.